The van der Waals surface area contributed by atoms with Crippen LogP contribution in [0.25, 0.3) is 10.8 Å². The Hall–Kier alpha value is -1.57. The van der Waals surface area contributed by atoms with Gasteiger partial charge in [0, 0.05) is 5.92 Å². The largest absolute Gasteiger partial charge is 0.427 e. The van der Waals surface area contributed by atoms with E-state index in [2.05, 4.69) is 0 Å². The summed E-state index contributed by atoms with van der Waals surface area (Å²) in [5, 5.41) is 1.69. The van der Waals surface area contributed by atoms with Crippen LogP contribution >= 0.6 is 0 Å². The molecule has 1 aliphatic carbocycles. The van der Waals surface area contributed by atoms with E-state index in [1.807, 2.05) is 30.3 Å². The number of rotatable bonds is 1. The van der Waals surface area contributed by atoms with Crippen molar-refractivity contribution in [2.75, 3.05) is 0 Å². The summed E-state index contributed by atoms with van der Waals surface area (Å²) in [5.74, 6) is 1.33. The summed E-state index contributed by atoms with van der Waals surface area (Å²) in [6.07, 6.45) is 4.81. The van der Waals surface area contributed by atoms with E-state index < -0.39 is 0 Å². The van der Waals surface area contributed by atoms with Crippen molar-refractivity contribution in [1.82, 2.24) is 0 Å². The molecule has 82 valence electrons. The molecular formula is C14H14O2. The smallest absolute Gasteiger partial charge is 0.343 e. The predicted octanol–water partition coefficient (Wildman–Crippen LogP) is 3.45. The van der Waals surface area contributed by atoms with Gasteiger partial charge in [0.25, 0.3) is 0 Å². The summed E-state index contributed by atoms with van der Waals surface area (Å²) in [7, 11) is 0. The number of hydrogen-bond acceptors (Lipinski definition) is 2. The first-order valence-electron chi connectivity index (χ1n) is 5.87. The van der Waals surface area contributed by atoms with Gasteiger partial charge in [-0.25, -0.2) is 4.79 Å². The van der Waals surface area contributed by atoms with Crippen molar-refractivity contribution in [3.8, 4) is 0 Å². The molecule has 1 aliphatic rings. The molecular weight excluding hydrogens is 200 g/mol. The molecule has 2 heteroatoms. The Kier molecular flexibility index (Phi) is 2.28. The van der Waals surface area contributed by atoms with Crippen molar-refractivity contribution >= 4 is 10.8 Å². The van der Waals surface area contributed by atoms with E-state index in [1.165, 1.54) is 12.8 Å². The molecule has 16 heavy (non-hydrogen) atoms. The van der Waals surface area contributed by atoms with E-state index in [9.17, 15) is 4.79 Å². The van der Waals surface area contributed by atoms with Gasteiger partial charge in [0.15, 0.2) is 0 Å². The fourth-order valence-electron chi connectivity index (χ4n) is 2.57. The highest BCUT2D eigenvalue weighted by Gasteiger charge is 2.20. The molecule has 0 spiro atoms. The Morgan fingerprint density at radius 2 is 1.88 bits per heavy atom. The first-order chi connectivity index (χ1) is 7.84. The Morgan fingerprint density at radius 3 is 2.69 bits per heavy atom. The van der Waals surface area contributed by atoms with Crippen LogP contribution in [-0.4, -0.2) is 0 Å². The highest BCUT2D eigenvalue weighted by molar-refractivity contribution is 5.81. The molecule has 0 saturated heterocycles. The zero-order valence-electron chi connectivity index (χ0n) is 9.11. The van der Waals surface area contributed by atoms with Gasteiger partial charge in [0.1, 0.15) is 5.76 Å². The lowest BCUT2D eigenvalue weighted by Gasteiger charge is -2.07. The molecule has 1 aromatic carbocycles. The van der Waals surface area contributed by atoms with Gasteiger partial charge in [0.05, 0.1) is 5.39 Å². The van der Waals surface area contributed by atoms with Gasteiger partial charge in [-0.05, 0) is 30.4 Å². The van der Waals surface area contributed by atoms with Crippen LogP contribution in [0.2, 0.25) is 0 Å². The Morgan fingerprint density at radius 1 is 1.12 bits per heavy atom. The van der Waals surface area contributed by atoms with Gasteiger partial charge >= 0.3 is 5.63 Å². The molecule has 0 N–H and O–H groups in total. The fourth-order valence-corrected chi connectivity index (χ4v) is 2.57. The predicted molar refractivity (Wildman–Crippen MR) is 63.7 cm³/mol. The van der Waals surface area contributed by atoms with Gasteiger partial charge in [-0.2, -0.15) is 0 Å². The molecule has 2 aromatic rings. The summed E-state index contributed by atoms with van der Waals surface area (Å²) in [6, 6.07) is 9.66. The van der Waals surface area contributed by atoms with Crippen LogP contribution < -0.4 is 5.63 Å². The second kappa shape index (κ2) is 3.78. The molecule has 0 aliphatic heterocycles. The lowest BCUT2D eigenvalue weighted by atomic mass is 10.0. The molecule has 3 rings (SSSR count). The lowest BCUT2D eigenvalue weighted by Crippen LogP contribution is -2.04. The third-order valence-electron chi connectivity index (χ3n) is 3.45. The van der Waals surface area contributed by atoms with E-state index >= 15 is 0 Å². The zero-order valence-corrected chi connectivity index (χ0v) is 9.11. The molecule has 0 bridgehead atoms. The lowest BCUT2D eigenvalue weighted by molar-refractivity contribution is 0.429. The quantitative estimate of drug-likeness (QED) is 0.727. The second-order valence-electron chi connectivity index (χ2n) is 4.50. The number of hydrogen-bond donors (Lipinski definition) is 0. The first kappa shape index (κ1) is 9.64. The maximum atomic E-state index is 11.8. The molecule has 1 aromatic heterocycles. The summed E-state index contributed by atoms with van der Waals surface area (Å²) in [4.78, 5) is 11.8. The highest BCUT2D eigenvalue weighted by atomic mass is 16.4. The normalized spacial score (nSPS) is 17.0. The van der Waals surface area contributed by atoms with Gasteiger partial charge < -0.3 is 4.42 Å². The SMILES string of the molecule is O=c1oc(C2CCCC2)cc2ccccc12. The number of fused-ring (bicyclic) bond motifs is 1. The maximum Gasteiger partial charge on any atom is 0.343 e. The van der Waals surface area contributed by atoms with E-state index in [1.54, 1.807) is 0 Å². The van der Waals surface area contributed by atoms with Crippen LogP contribution in [0.3, 0.4) is 0 Å². The van der Waals surface area contributed by atoms with E-state index in [4.69, 9.17) is 4.42 Å². The molecule has 0 atom stereocenters. The molecule has 1 fully saturated rings. The molecule has 0 amide bonds. The summed E-state index contributed by atoms with van der Waals surface area (Å²) in [6.45, 7) is 0. The average Bonchev–Trinajstić information content (AvgIpc) is 2.82. The van der Waals surface area contributed by atoms with E-state index in [0.717, 1.165) is 24.0 Å². The molecule has 1 saturated carbocycles. The fraction of sp³-hybridized carbons (Fsp3) is 0.357. The molecule has 0 radical (unpaired) electrons. The Bertz CT molecular complexity index is 562. The van der Waals surface area contributed by atoms with Crippen LogP contribution in [0.1, 0.15) is 37.4 Å². The highest BCUT2D eigenvalue weighted by Crippen LogP contribution is 2.34. The molecule has 1 heterocycles. The minimum Gasteiger partial charge on any atom is -0.427 e. The Labute approximate surface area is 93.9 Å². The van der Waals surface area contributed by atoms with Crippen molar-refractivity contribution in [3.05, 3.63) is 46.5 Å². The van der Waals surface area contributed by atoms with Crippen LogP contribution in [0.4, 0.5) is 0 Å². The van der Waals surface area contributed by atoms with Crippen molar-refractivity contribution in [2.24, 2.45) is 0 Å². The van der Waals surface area contributed by atoms with Crippen LogP contribution in [0.5, 0.6) is 0 Å². The van der Waals surface area contributed by atoms with Crippen molar-refractivity contribution in [1.29, 1.82) is 0 Å². The maximum absolute atomic E-state index is 11.8. The zero-order chi connectivity index (χ0) is 11.0. The van der Waals surface area contributed by atoms with Gasteiger partial charge in [-0.1, -0.05) is 31.0 Å². The molecule has 0 unspecified atom stereocenters. The molecule has 2 nitrogen and oxygen atoms in total. The third kappa shape index (κ3) is 1.54. The van der Waals surface area contributed by atoms with Crippen molar-refractivity contribution in [2.45, 2.75) is 31.6 Å². The number of benzene rings is 1. The Balaban J connectivity index is 2.17. The van der Waals surface area contributed by atoms with E-state index in [0.29, 0.717) is 11.3 Å². The first-order valence-corrected chi connectivity index (χ1v) is 5.87. The standard InChI is InChI=1S/C14H14O2/c15-14-12-8-4-3-7-11(12)9-13(16-14)10-5-1-2-6-10/h3-4,7-10H,1-2,5-6H2. The van der Waals surface area contributed by atoms with Crippen molar-refractivity contribution in [3.63, 3.8) is 0 Å². The summed E-state index contributed by atoms with van der Waals surface area (Å²) >= 11 is 0. The van der Waals surface area contributed by atoms with Gasteiger partial charge in [-0.15, -0.1) is 0 Å². The van der Waals surface area contributed by atoms with Gasteiger partial charge in [-0.3, -0.25) is 0 Å². The average molecular weight is 214 g/mol. The third-order valence-corrected chi connectivity index (χ3v) is 3.45. The second-order valence-corrected chi connectivity index (χ2v) is 4.50. The van der Waals surface area contributed by atoms with Crippen LogP contribution in [0.15, 0.2) is 39.5 Å². The van der Waals surface area contributed by atoms with Gasteiger partial charge in [0.2, 0.25) is 0 Å². The van der Waals surface area contributed by atoms with E-state index in [-0.39, 0.29) is 5.63 Å². The summed E-state index contributed by atoms with van der Waals surface area (Å²) in [5.41, 5.74) is -0.194. The van der Waals surface area contributed by atoms with Crippen LogP contribution in [-0.2, 0) is 0 Å². The monoisotopic (exact) mass is 214 g/mol. The summed E-state index contributed by atoms with van der Waals surface area (Å²) < 4.78 is 5.42. The minimum absolute atomic E-state index is 0.194. The van der Waals surface area contributed by atoms with Crippen molar-refractivity contribution < 1.29 is 4.42 Å². The topological polar surface area (TPSA) is 30.2 Å². The minimum atomic E-state index is -0.194. The van der Waals surface area contributed by atoms with Crippen LogP contribution in [0, 0.1) is 0 Å².